The lowest BCUT2D eigenvalue weighted by molar-refractivity contribution is 0.346. The Hall–Kier alpha value is -3.08. The topological polar surface area (TPSA) is 74.2 Å². The Morgan fingerprint density at radius 2 is 1.90 bits per heavy atom. The first kappa shape index (κ1) is 11.7. The molecule has 0 unspecified atom stereocenters. The van der Waals surface area contributed by atoms with Gasteiger partial charge in [-0.3, -0.25) is 4.98 Å². The van der Waals surface area contributed by atoms with Crippen LogP contribution in [0.4, 0.5) is 5.69 Å². The van der Waals surface area contributed by atoms with E-state index in [1.165, 1.54) is 0 Å². The Morgan fingerprint density at radius 1 is 1.00 bits per heavy atom. The van der Waals surface area contributed by atoms with Crippen molar-refractivity contribution in [3.63, 3.8) is 0 Å². The second-order valence-electron chi connectivity index (χ2n) is 4.60. The predicted octanol–water partition coefficient (Wildman–Crippen LogP) is 3.75. The van der Waals surface area contributed by atoms with Crippen molar-refractivity contribution in [2.75, 3.05) is 5.73 Å². The van der Waals surface area contributed by atoms with E-state index in [-0.39, 0.29) is 6.08 Å². The number of oxazole rings is 1. The highest BCUT2D eigenvalue weighted by Gasteiger charge is 2.11. The fourth-order valence-corrected chi connectivity index (χ4v) is 2.25. The molecule has 0 saturated carbocycles. The Balaban J connectivity index is 1.82. The molecule has 0 amide bonds. The SMILES string of the molecule is Nc1ccc(Oc2nc3ccccc3o2)c2cccnc12. The fourth-order valence-electron chi connectivity index (χ4n) is 2.25. The third-order valence-corrected chi connectivity index (χ3v) is 3.23. The van der Waals surface area contributed by atoms with Crippen molar-refractivity contribution in [1.82, 2.24) is 9.97 Å². The number of pyridine rings is 1. The zero-order valence-corrected chi connectivity index (χ0v) is 11.0. The summed E-state index contributed by atoms with van der Waals surface area (Å²) in [6, 6.07) is 14.8. The monoisotopic (exact) mass is 277 g/mol. The van der Waals surface area contributed by atoms with Gasteiger partial charge in [-0.2, -0.15) is 4.98 Å². The van der Waals surface area contributed by atoms with E-state index in [1.807, 2.05) is 36.4 Å². The van der Waals surface area contributed by atoms with Crippen LogP contribution in [0.15, 0.2) is 59.1 Å². The second kappa shape index (κ2) is 4.49. The smallest absolute Gasteiger partial charge is 0.400 e. The molecule has 0 atom stereocenters. The average molecular weight is 277 g/mol. The number of nitrogens with two attached hydrogens (primary N) is 1. The van der Waals surface area contributed by atoms with Crippen molar-refractivity contribution in [1.29, 1.82) is 0 Å². The summed E-state index contributed by atoms with van der Waals surface area (Å²) < 4.78 is 11.3. The molecule has 0 spiro atoms. The highest BCUT2D eigenvalue weighted by molar-refractivity contribution is 5.93. The van der Waals surface area contributed by atoms with Crippen LogP contribution >= 0.6 is 0 Å². The van der Waals surface area contributed by atoms with Crippen LogP contribution in [0.25, 0.3) is 22.0 Å². The average Bonchev–Trinajstić information content (AvgIpc) is 2.93. The maximum Gasteiger partial charge on any atom is 0.400 e. The summed E-state index contributed by atoms with van der Waals surface area (Å²) in [6.07, 6.45) is 1.90. The third-order valence-electron chi connectivity index (χ3n) is 3.23. The predicted molar refractivity (Wildman–Crippen MR) is 80.2 cm³/mol. The summed E-state index contributed by atoms with van der Waals surface area (Å²) >= 11 is 0. The molecule has 2 heterocycles. The number of aromatic nitrogens is 2. The Kier molecular flexibility index (Phi) is 2.50. The number of hydrogen-bond donors (Lipinski definition) is 1. The molecule has 2 aromatic carbocycles. The Labute approximate surface area is 120 Å². The molecule has 4 rings (SSSR count). The van der Waals surface area contributed by atoms with Gasteiger partial charge in [0.2, 0.25) is 0 Å². The van der Waals surface area contributed by atoms with Crippen molar-refractivity contribution >= 4 is 27.7 Å². The molecular weight excluding hydrogens is 266 g/mol. The molecule has 0 fully saturated rings. The van der Waals surface area contributed by atoms with E-state index in [1.54, 1.807) is 18.3 Å². The maximum absolute atomic E-state index is 5.92. The largest absolute Gasteiger partial charge is 0.410 e. The summed E-state index contributed by atoms with van der Waals surface area (Å²) in [5.74, 6) is 0.610. The summed E-state index contributed by atoms with van der Waals surface area (Å²) in [7, 11) is 0. The number of rotatable bonds is 2. The van der Waals surface area contributed by atoms with Crippen molar-refractivity contribution in [2.45, 2.75) is 0 Å². The summed E-state index contributed by atoms with van der Waals surface area (Å²) in [6.45, 7) is 0. The number of nitrogens with zero attached hydrogens (tertiary/aromatic N) is 2. The van der Waals surface area contributed by atoms with E-state index in [0.29, 0.717) is 22.5 Å². The highest BCUT2D eigenvalue weighted by atomic mass is 16.6. The molecule has 0 radical (unpaired) electrons. The number of anilines is 1. The van der Waals surface area contributed by atoms with Gasteiger partial charge >= 0.3 is 6.08 Å². The van der Waals surface area contributed by atoms with Crippen molar-refractivity contribution in [2.24, 2.45) is 0 Å². The molecular formula is C16H11N3O2. The van der Waals surface area contributed by atoms with Gasteiger partial charge in [0.05, 0.1) is 11.2 Å². The standard InChI is InChI=1S/C16H11N3O2/c17-11-7-8-13(10-4-3-9-18-15(10)11)20-16-19-12-5-1-2-6-14(12)21-16/h1-9H,17H2. The van der Waals surface area contributed by atoms with Gasteiger partial charge in [-0.15, -0.1) is 0 Å². The number of fused-ring (bicyclic) bond motifs is 2. The first-order chi connectivity index (χ1) is 10.3. The molecule has 5 nitrogen and oxygen atoms in total. The summed E-state index contributed by atoms with van der Waals surface area (Å²) in [4.78, 5) is 8.57. The van der Waals surface area contributed by atoms with Gasteiger partial charge in [0.1, 0.15) is 11.3 Å². The van der Waals surface area contributed by atoms with Gasteiger partial charge in [-0.25, -0.2) is 0 Å². The molecule has 4 aromatic rings. The second-order valence-corrected chi connectivity index (χ2v) is 4.60. The number of hydrogen-bond acceptors (Lipinski definition) is 5. The van der Waals surface area contributed by atoms with Gasteiger partial charge in [-0.1, -0.05) is 12.1 Å². The van der Waals surface area contributed by atoms with Crippen molar-refractivity contribution in [3.8, 4) is 11.8 Å². The molecule has 0 bridgehead atoms. The quantitative estimate of drug-likeness (QED) is 0.565. The molecule has 102 valence electrons. The van der Waals surface area contributed by atoms with E-state index in [2.05, 4.69) is 9.97 Å². The van der Waals surface area contributed by atoms with Crippen molar-refractivity contribution in [3.05, 3.63) is 54.7 Å². The minimum absolute atomic E-state index is 0.200. The Bertz CT molecular complexity index is 913. The van der Waals surface area contributed by atoms with Gasteiger partial charge in [0.25, 0.3) is 0 Å². The zero-order chi connectivity index (χ0) is 14.2. The van der Waals surface area contributed by atoms with Crippen LogP contribution in [0, 0.1) is 0 Å². The van der Waals surface area contributed by atoms with Gasteiger partial charge in [-0.05, 0) is 36.4 Å². The summed E-state index contributed by atoms with van der Waals surface area (Å²) in [5.41, 5.74) is 8.67. The van der Waals surface area contributed by atoms with Crippen LogP contribution in [0.1, 0.15) is 0 Å². The maximum atomic E-state index is 5.92. The highest BCUT2D eigenvalue weighted by Crippen LogP contribution is 2.32. The number of ether oxygens (including phenoxy) is 1. The van der Waals surface area contributed by atoms with E-state index < -0.39 is 0 Å². The summed E-state index contributed by atoms with van der Waals surface area (Å²) in [5, 5.41) is 0.819. The van der Waals surface area contributed by atoms with E-state index in [0.717, 1.165) is 10.9 Å². The molecule has 21 heavy (non-hydrogen) atoms. The fraction of sp³-hybridized carbons (Fsp3) is 0. The zero-order valence-electron chi connectivity index (χ0n) is 11.0. The number of benzene rings is 2. The molecule has 2 aromatic heterocycles. The normalized spacial score (nSPS) is 11.0. The molecule has 0 aliphatic rings. The molecule has 5 heteroatoms. The van der Waals surface area contributed by atoms with E-state index in [9.17, 15) is 0 Å². The van der Waals surface area contributed by atoms with Gasteiger partial charge in [0.15, 0.2) is 5.58 Å². The number of nitrogen functional groups attached to an aromatic ring is 1. The van der Waals surface area contributed by atoms with Crippen LogP contribution in [0.3, 0.4) is 0 Å². The van der Waals surface area contributed by atoms with E-state index >= 15 is 0 Å². The van der Waals surface area contributed by atoms with Crippen LogP contribution in [0.5, 0.6) is 11.8 Å². The lowest BCUT2D eigenvalue weighted by Gasteiger charge is -2.06. The minimum Gasteiger partial charge on any atom is -0.410 e. The molecule has 2 N–H and O–H groups in total. The van der Waals surface area contributed by atoms with Crippen molar-refractivity contribution < 1.29 is 9.15 Å². The lowest BCUT2D eigenvalue weighted by atomic mass is 10.2. The minimum atomic E-state index is 0.200. The third kappa shape index (κ3) is 1.95. The molecule has 0 saturated heterocycles. The van der Waals surface area contributed by atoms with Gasteiger partial charge < -0.3 is 14.9 Å². The van der Waals surface area contributed by atoms with Gasteiger partial charge in [0, 0.05) is 11.6 Å². The van der Waals surface area contributed by atoms with Crippen LogP contribution in [-0.2, 0) is 0 Å². The number of para-hydroxylation sites is 2. The Morgan fingerprint density at radius 3 is 2.81 bits per heavy atom. The lowest BCUT2D eigenvalue weighted by Crippen LogP contribution is -1.92. The van der Waals surface area contributed by atoms with Crippen LogP contribution in [0.2, 0.25) is 0 Å². The first-order valence-electron chi connectivity index (χ1n) is 6.48. The van der Waals surface area contributed by atoms with Crippen LogP contribution < -0.4 is 10.5 Å². The first-order valence-corrected chi connectivity index (χ1v) is 6.48. The molecule has 0 aliphatic carbocycles. The van der Waals surface area contributed by atoms with E-state index in [4.69, 9.17) is 14.9 Å². The molecule has 0 aliphatic heterocycles. The van der Waals surface area contributed by atoms with Crippen LogP contribution in [-0.4, -0.2) is 9.97 Å².